The molecule has 196 valence electrons. The molecule has 0 aliphatic carbocycles. The molecule has 0 aliphatic rings. The lowest BCUT2D eigenvalue weighted by Gasteiger charge is -2.14. The Hall–Kier alpha value is -5.35. The van der Waals surface area contributed by atoms with Gasteiger partial charge in [-0.05, 0) is 79.6 Å². The molecule has 4 heteroatoms. The van der Waals surface area contributed by atoms with Gasteiger partial charge in [-0.2, -0.15) is 0 Å². The second kappa shape index (κ2) is 8.83. The number of benzene rings is 5. The topological polar surface area (TPSA) is 31.3 Å². The van der Waals surface area contributed by atoms with Gasteiger partial charge in [0.15, 0.2) is 0 Å². The molecule has 0 aliphatic heterocycles. The number of aryl methyl sites for hydroxylation is 2. The van der Waals surface area contributed by atoms with Crippen molar-refractivity contribution in [3.05, 3.63) is 149 Å². The van der Waals surface area contributed by atoms with Gasteiger partial charge >= 0.3 is 0 Å². The molecule has 0 bridgehead atoms. The van der Waals surface area contributed by atoms with E-state index in [1.807, 2.05) is 47.0 Å². The van der Waals surface area contributed by atoms with Gasteiger partial charge in [0.2, 0.25) is 0 Å². The first-order valence-corrected chi connectivity index (χ1v) is 13.9. The van der Waals surface area contributed by atoms with Crippen LogP contribution in [0.3, 0.4) is 0 Å². The zero-order valence-electron chi connectivity index (χ0n) is 22.9. The summed E-state index contributed by atoms with van der Waals surface area (Å²) >= 11 is 0. The Balaban J connectivity index is 1.39. The molecule has 0 saturated carbocycles. The zero-order chi connectivity index (χ0) is 27.7. The van der Waals surface area contributed by atoms with Gasteiger partial charge in [0.05, 0.1) is 22.1 Å². The molecule has 41 heavy (non-hydrogen) atoms. The number of para-hydroxylation sites is 2. The van der Waals surface area contributed by atoms with Crippen LogP contribution in [0.25, 0.3) is 60.7 Å². The molecule has 0 fully saturated rings. The van der Waals surface area contributed by atoms with Crippen molar-refractivity contribution in [3.8, 4) is 22.5 Å². The van der Waals surface area contributed by atoms with E-state index < -0.39 is 0 Å². The third-order valence-electron chi connectivity index (χ3n) is 8.34. The summed E-state index contributed by atoms with van der Waals surface area (Å²) in [5.41, 5.74) is 9.39. The molecule has 0 N–H and O–H groups in total. The maximum atomic E-state index is 14.3. The molecule has 0 atom stereocenters. The first-order chi connectivity index (χ1) is 20.1. The Morgan fingerprint density at radius 3 is 1.80 bits per heavy atom. The molecule has 0 saturated heterocycles. The van der Waals surface area contributed by atoms with Crippen molar-refractivity contribution >= 4 is 38.2 Å². The molecule has 3 heterocycles. The predicted molar refractivity (Wildman–Crippen MR) is 170 cm³/mol. The quantitative estimate of drug-likeness (QED) is 0.225. The van der Waals surface area contributed by atoms with Crippen LogP contribution in [0.2, 0.25) is 0 Å². The van der Waals surface area contributed by atoms with Gasteiger partial charge in [-0.3, -0.25) is 13.8 Å². The van der Waals surface area contributed by atoms with Crippen molar-refractivity contribution in [2.45, 2.75) is 13.8 Å². The molecule has 0 spiro atoms. The highest BCUT2D eigenvalue weighted by molar-refractivity contribution is 6.02. The molecule has 4 nitrogen and oxygen atoms in total. The second-order valence-electron chi connectivity index (χ2n) is 10.7. The van der Waals surface area contributed by atoms with Gasteiger partial charge in [0, 0.05) is 33.2 Å². The summed E-state index contributed by atoms with van der Waals surface area (Å²) in [7, 11) is 0. The van der Waals surface area contributed by atoms with Crippen molar-refractivity contribution in [1.29, 1.82) is 0 Å². The van der Waals surface area contributed by atoms with Gasteiger partial charge in [-0.15, -0.1) is 0 Å². The Bertz CT molecular complexity index is 2340. The van der Waals surface area contributed by atoms with E-state index in [-0.39, 0.29) is 5.56 Å². The molecule has 5 aromatic carbocycles. The fourth-order valence-electron chi connectivity index (χ4n) is 6.48. The first-order valence-electron chi connectivity index (χ1n) is 13.9. The van der Waals surface area contributed by atoms with Gasteiger partial charge in [0.25, 0.3) is 5.56 Å². The van der Waals surface area contributed by atoms with Crippen LogP contribution in [-0.4, -0.2) is 13.5 Å². The summed E-state index contributed by atoms with van der Waals surface area (Å²) in [5, 5.41) is 4.09. The summed E-state index contributed by atoms with van der Waals surface area (Å²) in [6, 6.07) is 43.8. The highest BCUT2D eigenvalue weighted by Gasteiger charge is 2.19. The third-order valence-corrected chi connectivity index (χ3v) is 8.34. The summed E-state index contributed by atoms with van der Waals surface area (Å²) in [4.78, 5) is 14.3. The Kier molecular flexibility index (Phi) is 5.07. The lowest BCUT2D eigenvalue weighted by Crippen LogP contribution is -2.21. The van der Waals surface area contributed by atoms with Crippen LogP contribution in [0.1, 0.15) is 11.4 Å². The lowest BCUT2D eigenvalue weighted by molar-refractivity contribution is 0.990. The Labute approximate surface area is 237 Å². The molecular formula is C37H27N3O. The highest BCUT2D eigenvalue weighted by atomic mass is 16.1. The molecule has 3 aromatic heterocycles. The van der Waals surface area contributed by atoms with Crippen molar-refractivity contribution in [2.75, 3.05) is 0 Å². The van der Waals surface area contributed by atoms with Gasteiger partial charge < -0.3 is 4.57 Å². The van der Waals surface area contributed by atoms with Crippen LogP contribution in [0.5, 0.6) is 0 Å². The summed E-state index contributed by atoms with van der Waals surface area (Å²) in [5.74, 6) is 0. The largest absolute Gasteiger partial charge is 0.314 e. The second-order valence-corrected chi connectivity index (χ2v) is 10.7. The van der Waals surface area contributed by atoms with E-state index >= 15 is 0 Å². The van der Waals surface area contributed by atoms with E-state index in [2.05, 4.69) is 108 Å². The number of aromatic nitrogens is 3. The maximum absolute atomic E-state index is 14.3. The van der Waals surface area contributed by atoms with E-state index in [1.165, 1.54) is 16.6 Å². The van der Waals surface area contributed by atoms with Crippen LogP contribution in [0.4, 0.5) is 0 Å². The van der Waals surface area contributed by atoms with Crippen molar-refractivity contribution < 1.29 is 0 Å². The fourth-order valence-corrected chi connectivity index (χ4v) is 6.48. The molecule has 0 radical (unpaired) electrons. The maximum Gasteiger partial charge on any atom is 0.266 e. The predicted octanol–water partition coefficient (Wildman–Crippen LogP) is 8.62. The van der Waals surface area contributed by atoms with E-state index in [0.717, 1.165) is 50.1 Å². The SMILES string of the molecule is Cc1cc2cc(-c3ccc4c(c3)c(=O)n(-c3ccccc3)c3c5ccccc5c(C)n43)ccc2n1-c1ccccc1. The summed E-state index contributed by atoms with van der Waals surface area (Å²) < 4.78 is 6.40. The fraction of sp³-hybridized carbons (Fsp3) is 0.0541. The van der Waals surface area contributed by atoms with Crippen LogP contribution in [0.15, 0.2) is 132 Å². The molecule has 0 amide bonds. The van der Waals surface area contributed by atoms with Gasteiger partial charge in [0.1, 0.15) is 5.65 Å². The minimum atomic E-state index is -0.0176. The molecule has 0 unspecified atom stereocenters. The number of rotatable bonds is 3. The molecular weight excluding hydrogens is 502 g/mol. The zero-order valence-corrected chi connectivity index (χ0v) is 22.9. The van der Waals surface area contributed by atoms with Gasteiger partial charge in [-0.1, -0.05) is 72.8 Å². The standard InChI is InChI=1S/C37H27N3O/c1-24-21-28-22-26(17-19-34(28)38(24)29-11-5-3-6-12-29)27-18-20-35-33(23-27)37(41)40(30-13-7-4-8-14-30)36-32-16-10-9-15-31(32)25(2)39(35)36/h3-23H,1-2H3. The summed E-state index contributed by atoms with van der Waals surface area (Å²) in [6.45, 7) is 4.28. The van der Waals surface area contributed by atoms with Crippen LogP contribution < -0.4 is 5.56 Å². The third kappa shape index (κ3) is 3.44. The Morgan fingerprint density at radius 2 is 1.10 bits per heavy atom. The monoisotopic (exact) mass is 529 g/mol. The molecule has 8 rings (SSSR count). The first kappa shape index (κ1) is 23.5. The normalized spacial score (nSPS) is 11.8. The average Bonchev–Trinajstić information content (AvgIpc) is 3.51. The number of nitrogens with zero attached hydrogens (tertiary/aromatic N) is 3. The van der Waals surface area contributed by atoms with E-state index in [1.54, 1.807) is 0 Å². The van der Waals surface area contributed by atoms with E-state index in [9.17, 15) is 4.79 Å². The number of hydrogen-bond donors (Lipinski definition) is 0. The number of fused-ring (bicyclic) bond motifs is 6. The van der Waals surface area contributed by atoms with Gasteiger partial charge in [-0.25, -0.2) is 0 Å². The van der Waals surface area contributed by atoms with E-state index in [0.29, 0.717) is 5.39 Å². The van der Waals surface area contributed by atoms with Crippen LogP contribution in [-0.2, 0) is 0 Å². The van der Waals surface area contributed by atoms with E-state index in [4.69, 9.17) is 0 Å². The van der Waals surface area contributed by atoms with Crippen molar-refractivity contribution in [1.82, 2.24) is 13.5 Å². The Morgan fingerprint density at radius 1 is 0.512 bits per heavy atom. The average molecular weight is 530 g/mol. The minimum Gasteiger partial charge on any atom is -0.314 e. The smallest absolute Gasteiger partial charge is 0.266 e. The van der Waals surface area contributed by atoms with Crippen molar-refractivity contribution in [2.24, 2.45) is 0 Å². The van der Waals surface area contributed by atoms with Crippen LogP contribution in [0, 0.1) is 13.8 Å². The molecule has 8 aromatic rings. The lowest BCUT2D eigenvalue weighted by atomic mass is 10.0. The number of hydrogen-bond acceptors (Lipinski definition) is 1. The van der Waals surface area contributed by atoms with Crippen LogP contribution >= 0.6 is 0 Å². The highest BCUT2D eigenvalue weighted by Crippen LogP contribution is 2.33. The summed E-state index contributed by atoms with van der Waals surface area (Å²) in [6.07, 6.45) is 0. The minimum absolute atomic E-state index is 0.0176. The van der Waals surface area contributed by atoms with Crippen molar-refractivity contribution in [3.63, 3.8) is 0 Å².